The van der Waals surface area contributed by atoms with Crippen LogP contribution in [0, 0.1) is 3.83 Å². The van der Waals surface area contributed by atoms with E-state index >= 15 is 0 Å². The highest BCUT2D eigenvalue weighted by atomic mass is 127. The minimum absolute atomic E-state index is 0.434. The van der Waals surface area contributed by atoms with Crippen LogP contribution >= 0.6 is 22.6 Å². The molecule has 0 spiro atoms. The maximum Gasteiger partial charge on any atom is 0.294 e. The van der Waals surface area contributed by atoms with Crippen LogP contribution in [0.5, 0.6) is 0 Å². The molecule has 2 aromatic heterocycles. The highest BCUT2D eigenvalue weighted by Gasteiger charge is 2.10. The predicted molar refractivity (Wildman–Crippen MR) is 54.1 cm³/mol. The second kappa shape index (κ2) is 3.49. The van der Waals surface area contributed by atoms with Crippen molar-refractivity contribution in [1.29, 1.82) is 0 Å². The molecule has 2 aromatic rings. The van der Waals surface area contributed by atoms with Gasteiger partial charge in [-0.2, -0.15) is 4.98 Å². The minimum atomic E-state index is 0.434. The van der Waals surface area contributed by atoms with E-state index < -0.39 is 0 Å². The number of hydrogen-bond donors (Lipinski definition) is 0. The fraction of sp³-hybridized carbons (Fsp3) is 0.250. The average molecular weight is 290 g/mol. The SMILES string of the molecule is CCc1ccc(-c2nc(I)no2)o1. The van der Waals surface area contributed by atoms with Crippen molar-refractivity contribution in [2.24, 2.45) is 0 Å². The van der Waals surface area contributed by atoms with Gasteiger partial charge in [0, 0.05) is 29.0 Å². The van der Waals surface area contributed by atoms with Gasteiger partial charge in [0.25, 0.3) is 5.89 Å². The zero-order chi connectivity index (χ0) is 9.26. The third-order valence-corrected chi connectivity index (χ3v) is 2.06. The quantitative estimate of drug-likeness (QED) is 0.797. The number of halogens is 1. The highest BCUT2D eigenvalue weighted by molar-refractivity contribution is 14.1. The molecule has 4 nitrogen and oxygen atoms in total. The minimum Gasteiger partial charge on any atom is -0.456 e. The summed E-state index contributed by atoms with van der Waals surface area (Å²) in [6, 6.07) is 3.74. The van der Waals surface area contributed by atoms with Crippen LogP contribution in [0.1, 0.15) is 12.7 Å². The number of hydrogen-bond acceptors (Lipinski definition) is 4. The van der Waals surface area contributed by atoms with Crippen LogP contribution in [-0.4, -0.2) is 10.1 Å². The predicted octanol–water partition coefficient (Wildman–Crippen LogP) is 2.50. The van der Waals surface area contributed by atoms with Gasteiger partial charge >= 0.3 is 0 Å². The molecule has 0 saturated carbocycles. The van der Waals surface area contributed by atoms with Gasteiger partial charge < -0.3 is 8.94 Å². The summed E-state index contributed by atoms with van der Waals surface area (Å²) in [6.07, 6.45) is 0.866. The molecule has 0 atom stereocenters. The van der Waals surface area contributed by atoms with Crippen LogP contribution in [0.15, 0.2) is 21.1 Å². The van der Waals surface area contributed by atoms with E-state index in [9.17, 15) is 0 Å². The van der Waals surface area contributed by atoms with Crippen LogP contribution in [-0.2, 0) is 6.42 Å². The molecule has 13 heavy (non-hydrogen) atoms. The van der Waals surface area contributed by atoms with Crippen molar-refractivity contribution in [3.8, 4) is 11.7 Å². The lowest BCUT2D eigenvalue weighted by Gasteiger charge is -1.86. The van der Waals surface area contributed by atoms with Gasteiger partial charge in [-0.25, -0.2) is 0 Å². The Balaban J connectivity index is 2.35. The van der Waals surface area contributed by atoms with Gasteiger partial charge in [-0.15, -0.1) is 0 Å². The molecule has 0 N–H and O–H groups in total. The van der Waals surface area contributed by atoms with Crippen molar-refractivity contribution in [3.05, 3.63) is 21.7 Å². The fourth-order valence-corrected chi connectivity index (χ4v) is 1.31. The second-order valence-electron chi connectivity index (χ2n) is 2.49. The first kappa shape index (κ1) is 8.74. The Morgan fingerprint density at radius 2 is 2.31 bits per heavy atom. The monoisotopic (exact) mass is 290 g/mol. The Kier molecular flexibility index (Phi) is 2.34. The Morgan fingerprint density at radius 1 is 1.46 bits per heavy atom. The molecule has 0 aliphatic heterocycles. The highest BCUT2D eigenvalue weighted by Crippen LogP contribution is 2.20. The summed E-state index contributed by atoms with van der Waals surface area (Å²) in [5.74, 6) is 1.99. The number of rotatable bonds is 2. The number of aromatic nitrogens is 2. The van der Waals surface area contributed by atoms with Crippen molar-refractivity contribution in [3.63, 3.8) is 0 Å². The molecule has 0 unspecified atom stereocenters. The Hall–Kier alpha value is -0.850. The van der Waals surface area contributed by atoms with E-state index in [2.05, 4.69) is 10.1 Å². The third-order valence-electron chi connectivity index (χ3n) is 1.62. The topological polar surface area (TPSA) is 52.1 Å². The smallest absolute Gasteiger partial charge is 0.294 e. The molecule has 0 fully saturated rings. The van der Waals surface area contributed by atoms with Crippen molar-refractivity contribution in [2.75, 3.05) is 0 Å². The molecular weight excluding hydrogens is 283 g/mol. The summed E-state index contributed by atoms with van der Waals surface area (Å²) < 4.78 is 11.0. The molecule has 0 radical (unpaired) electrons. The summed E-state index contributed by atoms with van der Waals surface area (Å²) in [5.41, 5.74) is 0. The molecule has 0 amide bonds. The van der Waals surface area contributed by atoms with Gasteiger partial charge in [-0.05, 0) is 12.1 Å². The van der Waals surface area contributed by atoms with Crippen LogP contribution in [0.3, 0.4) is 0 Å². The lowest BCUT2D eigenvalue weighted by atomic mass is 10.3. The molecule has 5 heteroatoms. The third kappa shape index (κ3) is 1.74. The zero-order valence-electron chi connectivity index (χ0n) is 6.95. The Morgan fingerprint density at radius 3 is 2.85 bits per heavy atom. The molecule has 0 aliphatic carbocycles. The number of furan rings is 1. The summed E-state index contributed by atoms with van der Waals surface area (Å²) >= 11 is 1.99. The maximum atomic E-state index is 5.43. The first-order valence-corrected chi connectivity index (χ1v) is 4.95. The van der Waals surface area contributed by atoms with E-state index in [1.165, 1.54) is 0 Å². The summed E-state index contributed by atoms with van der Waals surface area (Å²) in [5, 5.41) is 3.67. The van der Waals surface area contributed by atoms with Crippen LogP contribution in [0.25, 0.3) is 11.7 Å². The van der Waals surface area contributed by atoms with Gasteiger partial charge in [-0.3, -0.25) is 0 Å². The van der Waals surface area contributed by atoms with Gasteiger partial charge in [0.1, 0.15) is 5.76 Å². The summed E-state index contributed by atoms with van der Waals surface area (Å²) in [7, 11) is 0. The van der Waals surface area contributed by atoms with Gasteiger partial charge in [0.15, 0.2) is 5.76 Å². The van der Waals surface area contributed by atoms with E-state index in [0.717, 1.165) is 12.2 Å². The van der Waals surface area contributed by atoms with E-state index in [0.29, 0.717) is 15.5 Å². The van der Waals surface area contributed by atoms with Crippen LogP contribution < -0.4 is 0 Å². The van der Waals surface area contributed by atoms with E-state index in [1.54, 1.807) is 0 Å². The standard InChI is InChI=1S/C8H7IN2O2/c1-2-5-3-4-6(12-5)7-10-8(9)11-13-7/h3-4H,2H2,1H3. The normalized spacial score (nSPS) is 10.6. The van der Waals surface area contributed by atoms with Crippen LogP contribution in [0.2, 0.25) is 0 Å². The van der Waals surface area contributed by atoms with E-state index in [4.69, 9.17) is 8.94 Å². The molecule has 2 rings (SSSR count). The lowest BCUT2D eigenvalue weighted by molar-refractivity contribution is 0.407. The van der Waals surface area contributed by atoms with Crippen molar-refractivity contribution >= 4 is 22.6 Å². The fourth-order valence-electron chi connectivity index (χ4n) is 0.988. The molecular formula is C8H7IN2O2. The van der Waals surface area contributed by atoms with Crippen LogP contribution in [0.4, 0.5) is 0 Å². The first-order chi connectivity index (χ1) is 6.29. The Labute approximate surface area is 88.5 Å². The molecule has 0 bridgehead atoms. The molecule has 2 heterocycles. The average Bonchev–Trinajstić information content (AvgIpc) is 2.71. The lowest BCUT2D eigenvalue weighted by Crippen LogP contribution is -1.74. The van der Waals surface area contributed by atoms with Crippen molar-refractivity contribution < 1.29 is 8.94 Å². The van der Waals surface area contributed by atoms with Gasteiger partial charge in [0.05, 0.1) is 0 Å². The summed E-state index contributed by atoms with van der Waals surface area (Å²) in [4.78, 5) is 4.04. The largest absolute Gasteiger partial charge is 0.456 e. The first-order valence-electron chi connectivity index (χ1n) is 3.88. The number of aryl methyl sites for hydroxylation is 1. The summed E-state index contributed by atoms with van der Waals surface area (Å²) in [6.45, 7) is 2.03. The van der Waals surface area contributed by atoms with Crippen molar-refractivity contribution in [1.82, 2.24) is 10.1 Å². The molecule has 68 valence electrons. The van der Waals surface area contributed by atoms with E-state index in [1.807, 2.05) is 41.6 Å². The second-order valence-corrected chi connectivity index (χ2v) is 3.45. The Bertz CT molecular complexity index is 408. The molecule has 0 aromatic carbocycles. The van der Waals surface area contributed by atoms with E-state index in [-0.39, 0.29) is 0 Å². The molecule has 0 saturated heterocycles. The van der Waals surface area contributed by atoms with Gasteiger partial charge in [-0.1, -0.05) is 12.1 Å². The molecule has 0 aliphatic rings. The maximum absolute atomic E-state index is 5.43. The van der Waals surface area contributed by atoms with Crippen molar-refractivity contribution in [2.45, 2.75) is 13.3 Å². The number of nitrogens with zero attached hydrogens (tertiary/aromatic N) is 2. The zero-order valence-corrected chi connectivity index (χ0v) is 9.11. The van der Waals surface area contributed by atoms with Gasteiger partial charge in [0.2, 0.25) is 3.83 Å².